The van der Waals surface area contributed by atoms with Crippen molar-refractivity contribution in [3.05, 3.63) is 109 Å². The normalized spacial score (nSPS) is 12.8. The highest BCUT2D eigenvalue weighted by Crippen LogP contribution is 2.17. The number of hydrogen-bond acceptors (Lipinski definition) is 6. The van der Waals surface area contributed by atoms with Gasteiger partial charge in [0.25, 0.3) is 0 Å². The van der Waals surface area contributed by atoms with E-state index in [0.717, 1.165) is 122 Å². The second-order valence-corrected chi connectivity index (χ2v) is 22.0. The predicted octanol–water partition coefficient (Wildman–Crippen LogP) is 23.0. The van der Waals surface area contributed by atoms with E-state index in [2.05, 4.69) is 130 Å². The molecule has 0 aliphatic heterocycles. The summed E-state index contributed by atoms with van der Waals surface area (Å²) in [5, 5.41) is 0. The Hall–Kier alpha value is -3.93. The van der Waals surface area contributed by atoms with Crippen LogP contribution in [0.2, 0.25) is 0 Å². The maximum absolute atomic E-state index is 12.9. The lowest BCUT2D eigenvalue weighted by molar-refractivity contribution is -0.167. The third kappa shape index (κ3) is 64.8. The molecule has 0 rings (SSSR count). The van der Waals surface area contributed by atoms with Gasteiger partial charge in [-0.25, -0.2) is 0 Å². The van der Waals surface area contributed by atoms with Crippen molar-refractivity contribution in [1.29, 1.82) is 0 Å². The molecule has 0 bridgehead atoms. The smallest absolute Gasteiger partial charge is 0.306 e. The standard InChI is InChI=1S/C73H124O6/c1-4-7-10-13-16-19-21-23-25-27-29-31-33-34-35-36-37-38-39-40-41-43-44-46-48-50-52-54-57-60-63-66-72(75)78-69-70(68-77-71(74)65-62-59-56-18-15-12-9-6-3)79-73(76)67-64-61-58-55-53-51-49-47-45-42-32-30-28-26-24-22-20-17-14-11-8-5-2/h7,10,16,19,23,25,29,31,34-35,37-38,40-41,44,46,50,52,70H,4-6,8-9,11-15,17-18,20-22,24,26-28,30,32-33,36,39,42-43,45,47-49,51,53-69H2,1-3H3/b10-7-,19-16-,25-23-,31-29-,35-34-,38-37-,41-40-,46-44-,52-50-. The lowest BCUT2D eigenvalue weighted by atomic mass is 10.0. The van der Waals surface area contributed by atoms with E-state index >= 15 is 0 Å². The van der Waals surface area contributed by atoms with E-state index in [9.17, 15) is 14.4 Å². The van der Waals surface area contributed by atoms with E-state index in [-0.39, 0.29) is 31.1 Å². The first-order valence-corrected chi connectivity index (χ1v) is 33.4. The molecule has 0 fully saturated rings. The molecule has 79 heavy (non-hydrogen) atoms. The first-order chi connectivity index (χ1) is 39.0. The average Bonchev–Trinajstić information content (AvgIpc) is 3.45. The Balaban J connectivity index is 4.24. The van der Waals surface area contributed by atoms with Crippen LogP contribution in [0.1, 0.15) is 316 Å². The Kier molecular flexibility index (Phi) is 63.3. The predicted molar refractivity (Wildman–Crippen MR) is 343 cm³/mol. The van der Waals surface area contributed by atoms with Gasteiger partial charge in [0, 0.05) is 19.3 Å². The zero-order chi connectivity index (χ0) is 57.1. The van der Waals surface area contributed by atoms with Crippen LogP contribution < -0.4 is 0 Å². The van der Waals surface area contributed by atoms with Gasteiger partial charge in [-0.3, -0.25) is 14.4 Å². The number of esters is 3. The summed E-state index contributed by atoms with van der Waals surface area (Å²) in [6, 6.07) is 0. The third-order valence-corrected chi connectivity index (χ3v) is 14.3. The fourth-order valence-corrected chi connectivity index (χ4v) is 9.32. The van der Waals surface area contributed by atoms with E-state index in [1.807, 2.05) is 0 Å². The van der Waals surface area contributed by atoms with Gasteiger partial charge in [0.15, 0.2) is 6.10 Å². The number of allylic oxidation sites excluding steroid dienone is 18. The van der Waals surface area contributed by atoms with Crippen LogP contribution in [0.3, 0.4) is 0 Å². The Morgan fingerprint density at radius 3 is 0.772 bits per heavy atom. The summed E-state index contributed by atoms with van der Waals surface area (Å²) < 4.78 is 16.9. The number of rotatable bonds is 60. The summed E-state index contributed by atoms with van der Waals surface area (Å²) in [6.07, 6.45) is 91.2. The van der Waals surface area contributed by atoms with Crippen LogP contribution in [-0.4, -0.2) is 37.2 Å². The van der Waals surface area contributed by atoms with Crippen molar-refractivity contribution < 1.29 is 28.6 Å². The van der Waals surface area contributed by atoms with E-state index in [1.165, 1.54) is 154 Å². The SMILES string of the molecule is CC/C=C\C/C=C\C/C=C\C/C=C\C/C=C\C/C=C\C/C=C\C/C=C\C/C=C\CCCCCC(=O)OCC(COC(=O)CCCCCCCCCC)OC(=O)CCCCCCCCCCCCCCCCCCCCCCCC. The second kappa shape index (κ2) is 66.6. The van der Waals surface area contributed by atoms with Crippen LogP contribution in [0.4, 0.5) is 0 Å². The molecule has 0 aliphatic rings. The van der Waals surface area contributed by atoms with Crippen LogP contribution in [0, 0.1) is 0 Å². The highest BCUT2D eigenvalue weighted by molar-refractivity contribution is 5.71. The Morgan fingerprint density at radius 1 is 0.266 bits per heavy atom. The molecule has 0 aromatic rings. The summed E-state index contributed by atoms with van der Waals surface area (Å²) in [7, 11) is 0. The highest BCUT2D eigenvalue weighted by atomic mass is 16.6. The molecule has 1 atom stereocenters. The summed E-state index contributed by atoms with van der Waals surface area (Å²) in [5.74, 6) is -0.914. The number of unbranched alkanes of at least 4 members (excludes halogenated alkanes) is 31. The van der Waals surface area contributed by atoms with Crippen molar-refractivity contribution >= 4 is 17.9 Å². The van der Waals surface area contributed by atoms with Crippen molar-refractivity contribution in [2.24, 2.45) is 0 Å². The molecule has 0 amide bonds. The lowest BCUT2D eigenvalue weighted by Crippen LogP contribution is -2.30. The minimum Gasteiger partial charge on any atom is -0.462 e. The molecular weight excluding hydrogens is 973 g/mol. The first-order valence-electron chi connectivity index (χ1n) is 33.4. The summed E-state index contributed by atoms with van der Waals surface area (Å²) in [4.78, 5) is 38.2. The van der Waals surface area contributed by atoms with Gasteiger partial charge in [0.2, 0.25) is 0 Å². The van der Waals surface area contributed by atoms with Crippen LogP contribution in [0.25, 0.3) is 0 Å². The zero-order valence-corrected chi connectivity index (χ0v) is 51.9. The minimum atomic E-state index is -0.790. The van der Waals surface area contributed by atoms with Crippen LogP contribution >= 0.6 is 0 Å². The fourth-order valence-electron chi connectivity index (χ4n) is 9.32. The Bertz CT molecular complexity index is 1590. The van der Waals surface area contributed by atoms with Crippen molar-refractivity contribution in [3.8, 4) is 0 Å². The van der Waals surface area contributed by atoms with Gasteiger partial charge in [0.05, 0.1) is 0 Å². The molecule has 0 heterocycles. The van der Waals surface area contributed by atoms with Gasteiger partial charge in [0.1, 0.15) is 13.2 Å². The van der Waals surface area contributed by atoms with E-state index in [1.54, 1.807) is 0 Å². The molecule has 0 saturated carbocycles. The highest BCUT2D eigenvalue weighted by Gasteiger charge is 2.19. The van der Waals surface area contributed by atoms with E-state index in [4.69, 9.17) is 14.2 Å². The van der Waals surface area contributed by atoms with Crippen molar-refractivity contribution in [1.82, 2.24) is 0 Å². The molecule has 452 valence electrons. The summed E-state index contributed by atoms with van der Waals surface area (Å²) >= 11 is 0. The van der Waals surface area contributed by atoms with E-state index in [0.29, 0.717) is 19.3 Å². The minimum absolute atomic E-state index is 0.0858. The molecule has 0 aliphatic carbocycles. The molecule has 0 aromatic carbocycles. The largest absolute Gasteiger partial charge is 0.462 e. The molecule has 6 heteroatoms. The summed E-state index contributed by atoms with van der Waals surface area (Å²) in [6.45, 7) is 6.50. The molecule has 0 spiro atoms. The second-order valence-electron chi connectivity index (χ2n) is 22.0. The van der Waals surface area contributed by atoms with Gasteiger partial charge in [-0.2, -0.15) is 0 Å². The van der Waals surface area contributed by atoms with Crippen LogP contribution in [0.5, 0.6) is 0 Å². The van der Waals surface area contributed by atoms with E-state index < -0.39 is 6.10 Å². The monoisotopic (exact) mass is 1100 g/mol. The molecule has 0 N–H and O–H groups in total. The number of hydrogen-bond donors (Lipinski definition) is 0. The van der Waals surface area contributed by atoms with Crippen molar-refractivity contribution in [3.63, 3.8) is 0 Å². The number of carbonyl (C=O) groups is 3. The Morgan fingerprint density at radius 2 is 0.494 bits per heavy atom. The number of ether oxygens (including phenoxy) is 3. The third-order valence-electron chi connectivity index (χ3n) is 14.3. The number of carbonyl (C=O) groups excluding carboxylic acids is 3. The lowest BCUT2D eigenvalue weighted by Gasteiger charge is -2.18. The molecule has 0 radical (unpaired) electrons. The molecular formula is C73H124O6. The van der Waals surface area contributed by atoms with Gasteiger partial charge >= 0.3 is 17.9 Å². The molecule has 0 saturated heterocycles. The molecule has 6 nitrogen and oxygen atoms in total. The van der Waals surface area contributed by atoms with Gasteiger partial charge in [-0.05, 0) is 89.9 Å². The molecule has 1 unspecified atom stereocenters. The van der Waals surface area contributed by atoms with Crippen LogP contribution in [0.15, 0.2) is 109 Å². The zero-order valence-electron chi connectivity index (χ0n) is 51.9. The average molecular weight is 1100 g/mol. The van der Waals surface area contributed by atoms with Crippen molar-refractivity contribution in [2.45, 2.75) is 322 Å². The van der Waals surface area contributed by atoms with Gasteiger partial charge in [-0.15, -0.1) is 0 Å². The van der Waals surface area contributed by atoms with Gasteiger partial charge in [-0.1, -0.05) is 316 Å². The maximum atomic E-state index is 12.9. The topological polar surface area (TPSA) is 78.9 Å². The fraction of sp³-hybridized carbons (Fsp3) is 0.712. The quantitative estimate of drug-likeness (QED) is 0.0261. The maximum Gasteiger partial charge on any atom is 0.306 e. The van der Waals surface area contributed by atoms with Crippen molar-refractivity contribution in [2.75, 3.05) is 13.2 Å². The Labute approximate surface area is 489 Å². The van der Waals surface area contributed by atoms with Crippen LogP contribution in [-0.2, 0) is 28.6 Å². The first kappa shape index (κ1) is 75.1. The molecule has 0 aromatic heterocycles. The van der Waals surface area contributed by atoms with Gasteiger partial charge < -0.3 is 14.2 Å². The summed E-state index contributed by atoms with van der Waals surface area (Å²) in [5.41, 5.74) is 0.